The number of carboxylic acid groups (broad SMARTS) is 1. The fourth-order valence-corrected chi connectivity index (χ4v) is 2.62. The van der Waals surface area contributed by atoms with Crippen LogP contribution in [-0.2, 0) is 27.3 Å². The summed E-state index contributed by atoms with van der Waals surface area (Å²) < 4.78 is 0. The number of aliphatic carboxylic acids is 1. The number of nitrogens with one attached hydrogen (secondary N) is 1. The van der Waals surface area contributed by atoms with Gasteiger partial charge in [0.05, 0.1) is 6.04 Å². The van der Waals surface area contributed by atoms with Crippen molar-refractivity contribution in [3.63, 3.8) is 0 Å². The fourth-order valence-electron chi connectivity index (χ4n) is 2.62. The van der Waals surface area contributed by atoms with Crippen molar-refractivity contribution in [2.75, 3.05) is 0 Å². The predicted octanol–water partition coefficient (Wildman–Crippen LogP) is -0.124. The van der Waals surface area contributed by atoms with E-state index in [1.54, 1.807) is 6.92 Å². The Morgan fingerprint density at radius 3 is 2.43 bits per heavy atom. The van der Waals surface area contributed by atoms with Crippen molar-refractivity contribution in [1.29, 1.82) is 0 Å². The number of hydrogen-bond donors (Lipinski definition) is 3. The Morgan fingerprint density at radius 2 is 1.87 bits per heavy atom. The van der Waals surface area contributed by atoms with Gasteiger partial charge in [-0.2, -0.15) is 0 Å². The van der Waals surface area contributed by atoms with E-state index in [-0.39, 0.29) is 12.5 Å². The summed E-state index contributed by atoms with van der Waals surface area (Å²) in [6, 6.07) is 5.05. The van der Waals surface area contributed by atoms with E-state index in [4.69, 9.17) is 10.8 Å². The molecule has 1 aliphatic heterocycles. The number of rotatable bonds is 4. The van der Waals surface area contributed by atoms with Crippen LogP contribution in [0.15, 0.2) is 24.3 Å². The molecule has 2 rings (SSSR count). The third-order valence-electron chi connectivity index (χ3n) is 3.95. The van der Waals surface area contributed by atoms with Crippen LogP contribution in [0.5, 0.6) is 0 Å². The van der Waals surface area contributed by atoms with Gasteiger partial charge in [-0.05, 0) is 25.0 Å². The lowest BCUT2D eigenvalue weighted by Crippen LogP contribution is -2.57. The SMILES string of the molecule is C[C@H](N)C(=O)N1Cc2ccccc2C[C@H]1C(=O)N[C@@H](C)C(=O)O. The number of carboxylic acids is 1. The van der Waals surface area contributed by atoms with Crippen LogP contribution in [0.3, 0.4) is 0 Å². The lowest BCUT2D eigenvalue weighted by Gasteiger charge is -2.37. The van der Waals surface area contributed by atoms with E-state index < -0.39 is 30.0 Å². The van der Waals surface area contributed by atoms with Crippen LogP contribution in [-0.4, -0.2) is 45.9 Å². The standard InChI is InChI=1S/C16H21N3O4/c1-9(17)15(21)19-8-12-6-4-3-5-11(12)7-13(19)14(20)18-10(2)16(22)23/h3-6,9-10,13H,7-8,17H2,1-2H3,(H,18,20)(H,22,23)/t9-,10-,13-/m0/s1. The summed E-state index contributed by atoms with van der Waals surface area (Å²) in [6.45, 7) is 3.24. The van der Waals surface area contributed by atoms with Gasteiger partial charge < -0.3 is 21.1 Å². The normalized spacial score (nSPS) is 19.4. The summed E-state index contributed by atoms with van der Waals surface area (Å²) in [6.07, 6.45) is 0.340. The summed E-state index contributed by atoms with van der Waals surface area (Å²) in [7, 11) is 0. The maximum absolute atomic E-state index is 12.5. The number of benzene rings is 1. The molecule has 0 unspecified atom stereocenters. The average molecular weight is 319 g/mol. The van der Waals surface area contributed by atoms with Gasteiger partial charge in [0.2, 0.25) is 11.8 Å². The number of carbonyl (C=O) groups excluding carboxylic acids is 2. The van der Waals surface area contributed by atoms with Gasteiger partial charge in [0, 0.05) is 13.0 Å². The van der Waals surface area contributed by atoms with Crippen molar-refractivity contribution in [3.05, 3.63) is 35.4 Å². The highest BCUT2D eigenvalue weighted by atomic mass is 16.4. The predicted molar refractivity (Wildman–Crippen MR) is 83.4 cm³/mol. The molecule has 1 aromatic rings. The molecule has 23 heavy (non-hydrogen) atoms. The van der Waals surface area contributed by atoms with Gasteiger partial charge in [-0.25, -0.2) is 0 Å². The Labute approximate surface area is 134 Å². The summed E-state index contributed by atoms with van der Waals surface area (Å²) in [5.74, 6) is -1.94. The zero-order valence-electron chi connectivity index (χ0n) is 13.2. The molecule has 0 aliphatic carbocycles. The van der Waals surface area contributed by atoms with E-state index in [1.807, 2.05) is 24.3 Å². The highest BCUT2D eigenvalue weighted by molar-refractivity contribution is 5.92. The highest BCUT2D eigenvalue weighted by Gasteiger charge is 2.36. The Morgan fingerprint density at radius 1 is 1.26 bits per heavy atom. The minimum Gasteiger partial charge on any atom is -0.480 e. The summed E-state index contributed by atoms with van der Waals surface area (Å²) in [4.78, 5) is 37.1. The van der Waals surface area contributed by atoms with Gasteiger partial charge in [0.25, 0.3) is 0 Å². The zero-order valence-corrected chi connectivity index (χ0v) is 13.2. The van der Waals surface area contributed by atoms with Gasteiger partial charge in [0.1, 0.15) is 12.1 Å². The first-order valence-electron chi connectivity index (χ1n) is 7.47. The van der Waals surface area contributed by atoms with Gasteiger partial charge in [-0.15, -0.1) is 0 Å². The van der Waals surface area contributed by atoms with Gasteiger partial charge in [-0.3, -0.25) is 14.4 Å². The molecule has 0 spiro atoms. The molecule has 7 heteroatoms. The molecule has 0 aromatic heterocycles. The number of fused-ring (bicyclic) bond motifs is 1. The molecule has 4 N–H and O–H groups in total. The first-order chi connectivity index (χ1) is 10.8. The molecule has 0 saturated carbocycles. The van der Waals surface area contributed by atoms with Crippen molar-refractivity contribution in [1.82, 2.24) is 10.2 Å². The first kappa shape index (κ1) is 17.0. The molecule has 1 aliphatic rings. The van der Waals surface area contributed by atoms with Crippen LogP contribution < -0.4 is 11.1 Å². The van der Waals surface area contributed by atoms with Crippen molar-refractivity contribution in [3.8, 4) is 0 Å². The highest BCUT2D eigenvalue weighted by Crippen LogP contribution is 2.24. The molecule has 124 valence electrons. The van der Waals surface area contributed by atoms with E-state index in [9.17, 15) is 14.4 Å². The molecule has 0 radical (unpaired) electrons. The molecule has 1 aromatic carbocycles. The molecule has 1 heterocycles. The number of carbonyl (C=O) groups is 3. The van der Waals surface area contributed by atoms with Crippen molar-refractivity contribution >= 4 is 17.8 Å². The molecular formula is C16H21N3O4. The fraction of sp³-hybridized carbons (Fsp3) is 0.438. The summed E-state index contributed by atoms with van der Waals surface area (Å²) in [5.41, 5.74) is 7.63. The number of hydrogen-bond acceptors (Lipinski definition) is 4. The number of amides is 2. The summed E-state index contributed by atoms with van der Waals surface area (Å²) in [5, 5.41) is 11.4. The largest absolute Gasteiger partial charge is 0.480 e. The topological polar surface area (TPSA) is 113 Å². The lowest BCUT2D eigenvalue weighted by atomic mass is 9.92. The van der Waals surface area contributed by atoms with Crippen LogP contribution in [0.25, 0.3) is 0 Å². The van der Waals surface area contributed by atoms with Crippen LogP contribution in [0.2, 0.25) is 0 Å². The van der Waals surface area contributed by atoms with Crippen molar-refractivity contribution < 1.29 is 19.5 Å². The van der Waals surface area contributed by atoms with Crippen LogP contribution in [0.1, 0.15) is 25.0 Å². The molecule has 2 amide bonds. The maximum Gasteiger partial charge on any atom is 0.325 e. The van der Waals surface area contributed by atoms with Crippen molar-refractivity contribution in [2.24, 2.45) is 5.73 Å². The number of nitrogens with two attached hydrogens (primary N) is 1. The van der Waals surface area contributed by atoms with E-state index in [0.29, 0.717) is 6.42 Å². The molecule has 0 saturated heterocycles. The molecule has 0 bridgehead atoms. The van der Waals surface area contributed by atoms with E-state index in [2.05, 4.69) is 5.32 Å². The molecule has 0 fully saturated rings. The third-order valence-corrected chi connectivity index (χ3v) is 3.95. The lowest BCUT2D eigenvalue weighted by molar-refractivity contribution is -0.145. The minimum absolute atomic E-state index is 0.288. The summed E-state index contributed by atoms with van der Waals surface area (Å²) >= 11 is 0. The number of nitrogens with zero attached hydrogens (tertiary/aromatic N) is 1. The second-order valence-electron chi connectivity index (χ2n) is 5.81. The quantitative estimate of drug-likeness (QED) is 0.716. The first-order valence-corrected chi connectivity index (χ1v) is 7.47. The Balaban J connectivity index is 2.28. The van der Waals surface area contributed by atoms with Gasteiger partial charge in [-0.1, -0.05) is 24.3 Å². The Bertz CT molecular complexity index is 630. The second-order valence-corrected chi connectivity index (χ2v) is 5.81. The monoisotopic (exact) mass is 319 g/mol. The maximum atomic E-state index is 12.5. The smallest absolute Gasteiger partial charge is 0.325 e. The molecule has 3 atom stereocenters. The minimum atomic E-state index is -1.13. The molecular weight excluding hydrogens is 298 g/mol. The van der Waals surface area contributed by atoms with Crippen LogP contribution >= 0.6 is 0 Å². The molecule has 7 nitrogen and oxygen atoms in total. The van der Waals surface area contributed by atoms with E-state index >= 15 is 0 Å². The third kappa shape index (κ3) is 3.68. The second kappa shape index (κ2) is 6.78. The van der Waals surface area contributed by atoms with Crippen molar-refractivity contribution in [2.45, 2.75) is 44.9 Å². The average Bonchev–Trinajstić information content (AvgIpc) is 2.52. The van der Waals surface area contributed by atoms with E-state index in [1.165, 1.54) is 11.8 Å². The van der Waals surface area contributed by atoms with Gasteiger partial charge >= 0.3 is 5.97 Å². The van der Waals surface area contributed by atoms with Gasteiger partial charge in [0.15, 0.2) is 0 Å². The Kier molecular flexibility index (Phi) is 5.00. The van der Waals surface area contributed by atoms with Crippen LogP contribution in [0.4, 0.5) is 0 Å². The Hall–Kier alpha value is -2.41. The van der Waals surface area contributed by atoms with Crippen LogP contribution in [0, 0.1) is 0 Å². The zero-order chi connectivity index (χ0) is 17.1. The van der Waals surface area contributed by atoms with E-state index in [0.717, 1.165) is 11.1 Å².